The van der Waals surface area contributed by atoms with Crippen LogP contribution in [0.15, 0.2) is 0 Å². The van der Waals surface area contributed by atoms with Gasteiger partial charge in [-0.3, -0.25) is 0 Å². The summed E-state index contributed by atoms with van der Waals surface area (Å²) in [6.07, 6.45) is 4.91. The van der Waals surface area contributed by atoms with E-state index in [1.807, 2.05) is 11.8 Å². The summed E-state index contributed by atoms with van der Waals surface area (Å²) >= 11 is 2.02. The predicted octanol–water partition coefficient (Wildman–Crippen LogP) is 4.20. The highest BCUT2D eigenvalue weighted by molar-refractivity contribution is 7.99. The third-order valence-electron chi connectivity index (χ3n) is 2.56. The van der Waals surface area contributed by atoms with Crippen molar-refractivity contribution in [1.29, 1.82) is 0 Å². The fourth-order valence-electron chi connectivity index (χ4n) is 1.34. The summed E-state index contributed by atoms with van der Waals surface area (Å²) in [7, 11) is 0. The van der Waals surface area contributed by atoms with Gasteiger partial charge in [0.2, 0.25) is 0 Å². The lowest BCUT2D eigenvalue weighted by atomic mass is 9.86. The normalized spacial score (nSPS) is 17.5. The van der Waals surface area contributed by atoms with E-state index < -0.39 is 0 Å². The number of hydrogen-bond donors (Lipinski definition) is 0. The Bertz CT molecular complexity index is 113. The highest BCUT2D eigenvalue weighted by atomic mass is 32.2. The molecule has 0 saturated carbocycles. The summed E-state index contributed by atoms with van der Waals surface area (Å²) in [5.74, 6) is 0.877. The fourth-order valence-corrected chi connectivity index (χ4v) is 2.56. The van der Waals surface area contributed by atoms with Crippen molar-refractivity contribution in [2.45, 2.75) is 52.7 Å². The molecule has 0 radical (unpaired) electrons. The summed E-state index contributed by atoms with van der Waals surface area (Å²) in [5.41, 5.74) is 0.461. The first-order chi connectivity index (χ1) is 5.41. The molecule has 0 rings (SSSR count). The Hall–Kier alpha value is 0.350. The van der Waals surface area contributed by atoms with Gasteiger partial charge in [-0.15, -0.1) is 0 Å². The van der Waals surface area contributed by atoms with E-state index in [1.54, 1.807) is 0 Å². The second-order valence-corrected chi connectivity index (χ2v) is 5.88. The van der Waals surface area contributed by atoms with Gasteiger partial charge in [-0.05, 0) is 24.0 Å². The van der Waals surface area contributed by atoms with Gasteiger partial charge in [0.15, 0.2) is 0 Å². The minimum absolute atomic E-state index is 0.461. The lowest BCUT2D eigenvalue weighted by Gasteiger charge is -2.31. The van der Waals surface area contributed by atoms with Gasteiger partial charge in [-0.25, -0.2) is 0 Å². The van der Waals surface area contributed by atoms with Crippen molar-refractivity contribution >= 4 is 11.8 Å². The van der Waals surface area contributed by atoms with E-state index in [-0.39, 0.29) is 0 Å². The monoisotopic (exact) mass is 188 g/mol. The zero-order chi connectivity index (χ0) is 9.78. The Morgan fingerprint density at radius 3 is 2.00 bits per heavy atom. The smallest absolute Gasteiger partial charge is 0.00953 e. The maximum atomic E-state index is 2.36. The SMILES string of the molecule is CCC(C)CC(SC)C(C)(C)C. The fraction of sp³-hybridized carbons (Fsp3) is 1.00. The topological polar surface area (TPSA) is 0 Å². The van der Waals surface area contributed by atoms with Crippen LogP contribution in [0.2, 0.25) is 0 Å². The second kappa shape index (κ2) is 5.16. The van der Waals surface area contributed by atoms with Crippen molar-refractivity contribution in [1.82, 2.24) is 0 Å². The van der Waals surface area contributed by atoms with Crippen LogP contribution in [0.5, 0.6) is 0 Å². The van der Waals surface area contributed by atoms with E-state index in [0.717, 1.165) is 11.2 Å². The minimum atomic E-state index is 0.461. The van der Waals surface area contributed by atoms with Crippen LogP contribution in [0.25, 0.3) is 0 Å². The Morgan fingerprint density at radius 1 is 1.25 bits per heavy atom. The van der Waals surface area contributed by atoms with E-state index in [9.17, 15) is 0 Å². The molecule has 12 heavy (non-hydrogen) atoms. The maximum absolute atomic E-state index is 2.36. The molecule has 0 nitrogen and oxygen atoms in total. The molecule has 0 amide bonds. The zero-order valence-corrected chi connectivity index (χ0v) is 10.3. The first-order valence-electron chi connectivity index (χ1n) is 4.94. The van der Waals surface area contributed by atoms with E-state index in [2.05, 4.69) is 40.9 Å². The van der Waals surface area contributed by atoms with Crippen LogP contribution in [-0.2, 0) is 0 Å². The van der Waals surface area contributed by atoms with Gasteiger partial charge in [0.05, 0.1) is 0 Å². The van der Waals surface area contributed by atoms with E-state index in [0.29, 0.717) is 5.41 Å². The third kappa shape index (κ3) is 4.39. The summed E-state index contributed by atoms with van der Waals surface area (Å²) in [5, 5.41) is 0.812. The first kappa shape index (κ1) is 12.3. The first-order valence-corrected chi connectivity index (χ1v) is 6.23. The molecular weight excluding hydrogens is 164 g/mol. The Kier molecular flexibility index (Phi) is 5.31. The van der Waals surface area contributed by atoms with Gasteiger partial charge in [-0.1, -0.05) is 41.0 Å². The molecule has 0 aromatic heterocycles. The molecule has 74 valence electrons. The van der Waals surface area contributed by atoms with Crippen molar-refractivity contribution in [3.05, 3.63) is 0 Å². The molecule has 0 aliphatic heterocycles. The molecule has 0 heterocycles. The molecule has 0 aliphatic rings. The van der Waals surface area contributed by atoms with Gasteiger partial charge in [0, 0.05) is 5.25 Å². The summed E-state index contributed by atoms with van der Waals surface area (Å²) in [4.78, 5) is 0. The van der Waals surface area contributed by atoms with Crippen LogP contribution in [0.3, 0.4) is 0 Å². The van der Waals surface area contributed by atoms with Gasteiger partial charge in [0.25, 0.3) is 0 Å². The Balaban J connectivity index is 4.00. The Labute approximate surface area is 82.5 Å². The van der Waals surface area contributed by atoms with Gasteiger partial charge >= 0.3 is 0 Å². The summed E-state index contributed by atoms with van der Waals surface area (Å²) in [6.45, 7) is 11.7. The molecule has 0 bridgehead atoms. The highest BCUT2D eigenvalue weighted by Gasteiger charge is 2.24. The molecule has 0 N–H and O–H groups in total. The molecule has 0 saturated heterocycles. The van der Waals surface area contributed by atoms with Crippen LogP contribution in [0, 0.1) is 11.3 Å². The Morgan fingerprint density at radius 2 is 1.75 bits per heavy atom. The molecule has 2 unspecified atom stereocenters. The number of thioether (sulfide) groups is 1. The molecule has 0 aromatic carbocycles. The van der Waals surface area contributed by atoms with Gasteiger partial charge in [-0.2, -0.15) is 11.8 Å². The van der Waals surface area contributed by atoms with Crippen molar-refractivity contribution in [2.24, 2.45) is 11.3 Å². The predicted molar refractivity (Wildman–Crippen MR) is 60.8 cm³/mol. The van der Waals surface area contributed by atoms with Crippen molar-refractivity contribution in [3.8, 4) is 0 Å². The number of rotatable bonds is 4. The van der Waals surface area contributed by atoms with Crippen LogP contribution < -0.4 is 0 Å². The van der Waals surface area contributed by atoms with Crippen LogP contribution in [-0.4, -0.2) is 11.5 Å². The summed E-state index contributed by atoms with van der Waals surface area (Å²) in [6, 6.07) is 0. The third-order valence-corrected chi connectivity index (χ3v) is 4.03. The van der Waals surface area contributed by atoms with E-state index in [1.165, 1.54) is 12.8 Å². The zero-order valence-electron chi connectivity index (χ0n) is 9.48. The summed E-state index contributed by atoms with van der Waals surface area (Å²) < 4.78 is 0. The molecule has 0 spiro atoms. The van der Waals surface area contributed by atoms with E-state index >= 15 is 0 Å². The standard InChI is InChI=1S/C11H24S/c1-7-9(2)8-10(12-6)11(3,4)5/h9-10H,7-8H2,1-6H3. The molecule has 0 aromatic rings. The molecular formula is C11H24S. The van der Waals surface area contributed by atoms with Crippen LogP contribution in [0.1, 0.15) is 47.5 Å². The number of hydrogen-bond acceptors (Lipinski definition) is 1. The van der Waals surface area contributed by atoms with E-state index in [4.69, 9.17) is 0 Å². The van der Waals surface area contributed by atoms with Gasteiger partial charge in [0.1, 0.15) is 0 Å². The largest absolute Gasteiger partial charge is 0.161 e. The average Bonchev–Trinajstić information content (AvgIpc) is 1.97. The van der Waals surface area contributed by atoms with Crippen molar-refractivity contribution in [3.63, 3.8) is 0 Å². The molecule has 1 heteroatoms. The minimum Gasteiger partial charge on any atom is -0.161 e. The molecule has 2 atom stereocenters. The highest BCUT2D eigenvalue weighted by Crippen LogP contribution is 2.33. The van der Waals surface area contributed by atoms with Crippen molar-refractivity contribution < 1.29 is 0 Å². The molecule has 0 fully saturated rings. The van der Waals surface area contributed by atoms with Crippen LogP contribution in [0.4, 0.5) is 0 Å². The lowest BCUT2D eigenvalue weighted by molar-refractivity contribution is 0.341. The second-order valence-electron chi connectivity index (χ2n) is 4.84. The molecule has 0 aliphatic carbocycles. The van der Waals surface area contributed by atoms with Crippen LogP contribution >= 0.6 is 11.8 Å². The quantitative estimate of drug-likeness (QED) is 0.637. The average molecular weight is 188 g/mol. The van der Waals surface area contributed by atoms with Gasteiger partial charge < -0.3 is 0 Å². The lowest BCUT2D eigenvalue weighted by Crippen LogP contribution is -2.24. The maximum Gasteiger partial charge on any atom is 0.00953 e. The van der Waals surface area contributed by atoms with Crippen molar-refractivity contribution in [2.75, 3.05) is 6.26 Å².